The molecule has 1 aromatic carbocycles. The van der Waals surface area contributed by atoms with Gasteiger partial charge in [-0.05, 0) is 42.7 Å². The average molecular weight is 367 g/mol. The molecule has 140 valence electrons. The molecular formula is C20H21N3O4. The highest BCUT2D eigenvalue weighted by molar-refractivity contribution is 5.44. The van der Waals surface area contributed by atoms with Gasteiger partial charge in [-0.2, -0.15) is 0 Å². The van der Waals surface area contributed by atoms with E-state index in [9.17, 15) is 0 Å². The van der Waals surface area contributed by atoms with E-state index in [1.165, 1.54) is 31.2 Å². The molecule has 3 heterocycles. The van der Waals surface area contributed by atoms with E-state index >= 15 is 0 Å². The molecule has 1 aliphatic heterocycles. The van der Waals surface area contributed by atoms with E-state index in [0.29, 0.717) is 36.9 Å². The SMILES string of the molecule is c1coc(-c2nnc(CN(Cc3ccc4c(c3)OCO4)C3CCCC3)o2)c1. The standard InChI is InChI=1S/C20H21N3O4/c1-2-5-15(4-1)23(11-14-7-8-16-18(10-14)26-13-25-16)12-19-21-22-20(27-19)17-6-3-9-24-17/h3,6-10,15H,1-2,4-5,11-13H2. The molecule has 1 aliphatic carbocycles. The average Bonchev–Trinajstić information content (AvgIpc) is 3.48. The van der Waals surface area contributed by atoms with E-state index in [-0.39, 0.29) is 0 Å². The summed E-state index contributed by atoms with van der Waals surface area (Å²) in [5.41, 5.74) is 1.19. The Hall–Kier alpha value is -2.80. The Bertz CT molecular complexity index is 900. The summed E-state index contributed by atoms with van der Waals surface area (Å²) in [7, 11) is 0. The van der Waals surface area contributed by atoms with E-state index < -0.39 is 0 Å². The van der Waals surface area contributed by atoms with Gasteiger partial charge >= 0.3 is 0 Å². The molecule has 7 heteroatoms. The Balaban J connectivity index is 1.35. The fourth-order valence-corrected chi connectivity index (χ4v) is 3.85. The molecule has 0 unspecified atom stereocenters. The van der Waals surface area contributed by atoms with Crippen molar-refractivity contribution in [1.82, 2.24) is 15.1 Å². The number of benzene rings is 1. The van der Waals surface area contributed by atoms with Crippen LogP contribution in [0.15, 0.2) is 45.4 Å². The van der Waals surface area contributed by atoms with Gasteiger partial charge in [-0.25, -0.2) is 0 Å². The number of hydrogen-bond donors (Lipinski definition) is 0. The molecule has 0 saturated heterocycles. The Labute approximate surface area is 156 Å². The molecule has 7 nitrogen and oxygen atoms in total. The molecule has 0 bridgehead atoms. The fourth-order valence-electron chi connectivity index (χ4n) is 3.85. The van der Waals surface area contributed by atoms with Crippen LogP contribution in [-0.4, -0.2) is 27.9 Å². The van der Waals surface area contributed by atoms with E-state index in [1.54, 1.807) is 6.26 Å². The van der Waals surface area contributed by atoms with Crippen LogP contribution in [0, 0.1) is 0 Å². The first-order valence-corrected chi connectivity index (χ1v) is 9.34. The Morgan fingerprint density at radius 2 is 1.89 bits per heavy atom. The third-order valence-electron chi connectivity index (χ3n) is 5.20. The van der Waals surface area contributed by atoms with Crippen molar-refractivity contribution in [3.63, 3.8) is 0 Å². The maximum Gasteiger partial charge on any atom is 0.283 e. The van der Waals surface area contributed by atoms with Crippen molar-refractivity contribution >= 4 is 0 Å². The molecule has 0 amide bonds. The fraction of sp³-hybridized carbons (Fsp3) is 0.400. The Morgan fingerprint density at radius 3 is 2.74 bits per heavy atom. The summed E-state index contributed by atoms with van der Waals surface area (Å²) in [6.07, 6.45) is 6.53. The summed E-state index contributed by atoms with van der Waals surface area (Å²) >= 11 is 0. The second kappa shape index (κ2) is 7.08. The molecule has 0 N–H and O–H groups in total. The molecule has 2 aliphatic rings. The summed E-state index contributed by atoms with van der Waals surface area (Å²) in [4.78, 5) is 2.42. The largest absolute Gasteiger partial charge is 0.459 e. The first kappa shape index (κ1) is 16.4. The van der Waals surface area contributed by atoms with Gasteiger partial charge in [-0.3, -0.25) is 4.90 Å². The normalized spacial score (nSPS) is 16.5. The summed E-state index contributed by atoms with van der Waals surface area (Å²) in [6.45, 7) is 1.72. The number of furan rings is 1. The Kier molecular flexibility index (Phi) is 4.29. The zero-order valence-corrected chi connectivity index (χ0v) is 15.0. The van der Waals surface area contributed by atoms with Gasteiger partial charge in [0.05, 0.1) is 12.8 Å². The minimum Gasteiger partial charge on any atom is -0.459 e. The lowest BCUT2D eigenvalue weighted by atomic mass is 10.1. The van der Waals surface area contributed by atoms with Crippen LogP contribution in [0.2, 0.25) is 0 Å². The van der Waals surface area contributed by atoms with Crippen LogP contribution in [0.3, 0.4) is 0 Å². The predicted octanol–water partition coefficient (Wildman–Crippen LogP) is 4.00. The van der Waals surface area contributed by atoms with Crippen molar-refractivity contribution in [3.8, 4) is 23.1 Å². The summed E-state index contributed by atoms with van der Waals surface area (Å²) in [5.74, 6) is 3.25. The molecule has 0 radical (unpaired) electrons. The van der Waals surface area contributed by atoms with Crippen molar-refractivity contribution in [3.05, 3.63) is 48.0 Å². The third-order valence-corrected chi connectivity index (χ3v) is 5.20. The quantitative estimate of drug-likeness (QED) is 0.652. The maximum absolute atomic E-state index is 5.83. The number of rotatable bonds is 6. The van der Waals surface area contributed by atoms with E-state index in [0.717, 1.165) is 18.0 Å². The predicted molar refractivity (Wildman–Crippen MR) is 96.1 cm³/mol. The van der Waals surface area contributed by atoms with E-state index in [1.807, 2.05) is 18.2 Å². The topological polar surface area (TPSA) is 73.8 Å². The van der Waals surface area contributed by atoms with Crippen LogP contribution in [0.4, 0.5) is 0 Å². The van der Waals surface area contributed by atoms with Crippen LogP contribution in [0.25, 0.3) is 11.7 Å². The summed E-state index contributed by atoms with van der Waals surface area (Å²) < 4.78 is 22.1. The van der Waals surface area contributed by atoms with Gasteiger partial charge in [-0.1, -0.05) is 18.9 Å². The lowest BCUT2D eigenvalue weighted by Crippen LogP contribution is -2.32. The first-order chi connectivity index (χ1) is 13.3. The van der Waals surface area contributed by atoms with E-state index in [2.05, 4.69) is 27.2 Å². The highest BCUT2D eigenvalue weighted by Crippen LogP contribution is 2.34. The summed E-state index contributed by atoms with van der Waals surface area (Å²) in [6, 6.07) is 10.3. The zero-order chi connectivity index (χ0) is 18.1. The highest BCUT2D eigenvalue weighted by atomic mass is 16.7. The number of hydrogen-bond acceptors (Lipinski definition) is 7. The molecule has 27 heavy (non-hydrogen) atoms. The number of fused-ring (bicyclic) bond motifs is 1. The number of ether oxygens (including phenoxy) is 2. The Morgan fingerprint density at radius 1 is 1.00 bits per heavy atom. The van der Waals surface area contributed by atoms with Crippen LogP contribution >= 0.6 is 0 Å². The van der Waals surface area contributed by atoms with Crippen LogP contribution in [0.5, 0.6) is 11.5 Å². The second-order valence-corrected chi connectivity index (χ2v) is 7.01. The molecule has 1 fully saturated rings. The molecule has 0 spiro atoms. The molecule has 1 saturated carbocycles. The van der Waals surface area contributed by atoms with Gasteiger partial charge in [-0.15, -0.1) is 10.2 Å². The van der Waals surface area contributed by atoms with Gasteiger partial charge in [0.15, 0.2) is 17.3 Å². The number of nitrogens with zero attached hydrogens (tertiary/aromatic N) is 3. The van der Waals surface area contributed by atoms with Crippen molar-refractivity contribution in [1.29, 1.82) is 0 Å². The molecule has 3 aromatic rings. The first-order valence-electron chi connectivity index (χ1n) is 9.34. The lowest BCUT2D eigenvalue weighted by Gasteiger charge is -2.27. The van der Waals surface area contributed by atoms with Crippen molar-refractivity contribution in [2.45, 2.75) is 44.8 Å². The van der Waals surface area contributed by atoms with Crippen molar-refractivity contribution in [2.75, 3.05) is 6.79 Å². The molecular weight excluding hydrogens is 346 g/mol. The maximum atomic E-state index is 5.83. The highest BCUT2D eigenvalue weighted by Gasteiger charge is 2.25. The van der Waals surface area contributed by atoms with Gasteiger partial charge in [0.2, 0.25) is 12.7 Å². The summed E-state index contributed by atoms with van der Waals surface area (Å²) in [5, 5.41) is 8.34. The van der Waals surface area contributed by atoms with Crippen molar-refractivity contribution in [2.24, 2.45) is 0 Å². The molecule has 2 aromatic heterocycles. The monoisotopic (exact) mass is 367 g/mol. The van der Waals surface area contributed by atoms with Crippen LogP contribution in [-0.2, 0) is 13.1 Å². The zero-order valence-electron chi connectivity index (χ0n) is 15.0. The number of aromatic nitrogens is 2. The third kappa shape index (κ3) is 3.42. The van der Waals surface area contributed by atoms with Gasteiger partial charge < -0.3 is 18.3 Å². The molecule has 0 atom stereocenters. The van der Waals surface area contributed by atoms with Gasteiger partial charge in [0, 0.05) is 12.6 Å². The van der Waals surface area contributed by atoms with Gasteiger partial charge in [0.25, 0.3) is 5.89 Å². The minimum atomic E-state index is 0.294. The lowest BCUT2D eigenvalue weighted by molar-refractivity contribution is 0.163. The van der Waals surface area contributed by atoms with E-state index in [4.69, 9.17) is 18.3 Å². The molecule has 5 rings (SSSR count). The van der Waals surface area contributed by atoms with Crippen LogP contribution in [0.1, 0.15) is 37.1 Å². The van der Waals surface area contributed by atoms with Gasteiger partial charge in [0.1, 0.15) is 0 Å². The smallest absolute Gasteiger partial charge is 0.283 e. The second-order valence-electron chi connectivity index (χ2n) is 7.01. The van der Waals surface area contributed by atoms with Crippen molar-refractivity contribution < 1.29 is 18.3 Å². The van der Waals surface area contributed by atoms with Crippen LogP contribution < -0.4 is 9.47 Å². The minimum absolute atomic E-state index is 0.294.